The molecule has 130 valence electrons. The Kier molecular flexibility index (Phi) is 7.22. The summed E-state index contributed by atoms with van der Waals surface area (Å²) in [5.74, 6) is 3.19. The second kappa shape index (κ2) is 9.90. The number of benzene rings is 1. The number of nitrogens with zero attached hydrogens (tertiary/aromatic N) is 2. The molecule has 1 amide bonds. The van der Waals surface area contributed by atoms with Crippen LogP contribution in [0.25, 0.3) is 0 Å². The van der Waals surface area contributed by atoms with Crippen LogP contribution in [0.5, 0.6) is 11.6 Å². The molecule has 1 aromatic carbocycles. The van der Waals surface area contributed by atoms with Gasteiger partial charge < -0.3 is 19.5 Å². The van der Waals surface area contributed by atoms with E-state index in [1.54, 1.807) is 43.5 Å². The van der Waals surface area contributed by atoms with E-state index in [2.05, 4.69) is 21.4 Å². The number of terminal acetylenes is 1. The third-order valence-corrected chi connectivity index (χ3v) is 3.10. The monoisotopic (exact) mass is 341 g/mol. The molecule has 0 aliphatic carbocycles. The molecule has 25 heavy (non-hydrogen) atoms. The van der Waals surface area contributed by atoms with E-state index >= 15 is 0 Å². The molecule has 0 radical (unpaired) electrons. The van der Waals surface area contributed by atoms with Crippen molar-refractivity contribution in [3.63, 3.8) is 0 Å². The molecule has 0 spiro atoms. The van der Waals surface area contributed by atoms with Gasteiger partial charge in [-0.25, -0.2) is 0 Å². The van der Waals surface area contributed by atoms with Crippen LogP contribution in [0.15, 0.2) is 36.4 Å². The predicted octanol–water partition coefficient (Wildman–Crippen LogP) is 1.44. The summed E-state index contributed by atoms with van der Waals surface area (Å²) in [7, 11) is 1.60. The average molecular weight is 341 g/mol. The Morgan fingerprint density at radius 2 is 1.92 bits per heavy atom. The number of carbonyl (C=O) groups is 1. The predicted molar refractivity (Wildman–Crippen MR) is 91.3 cm³/mol. The van der Waals surface area contributed by atoms with Crippen LogP contribution in [0, 0.1) is 12.3 Å². The van der Waals surface area contributed by atoms with Crippen LogP contribution in [-0.2, 0) is 11.3 Å². The van der Waals surface area contributed by atoms with Gasteiger partial charge >= 0.3 is 0 Å². The summed E-state index contributed by atoms with van der Waals surface area (Å²) in [5, 5.41) is 10.7. The van der Waals surface area contributed by atoms with Crippen LogP contribution in [0.1, 0.15) is 16.1 Å². The highest BCUT2D eigenvalue weighted by molar-refractivity contribution is 5.94. The van der Waals surface area contributed by atoms with Crippen LogP contribution < -0.4 is 14.8 Å². The summed E-state index contributed by atoms with van der Waals surface area (Å²) in [5.41, 5.74) is 1.14. The zero-order valence-corrected chi connectivity index (χ0v) is 13.9. The summed E-state index contributed by atoms with van der Waals surface area (Å²) < 4.78 is 15.5. The number of hydrogen-bond acceptors (Lipinski definition) is 6. The smallest absolute Gasteiger partial charge is 0.251 e. The average Bonchev–Trinajstić information content (AvgIpc) is 2.66. The van der Waals surface area contributed by atoms with Gasteiger partial charge in [0.15, 0.2) is 0 Å². The van der Waals surface area contributed by atoms with Crippen LogP contribution in [0.3, 0.4) is 0 Å². The molecule has 0 bridgehead atoms. The Bertz CT molecular complexity index is 709. The standard InChI is InChI=1S/C18H19N3O4/c1-3-10-24-16-7-4-14(5-8-16)18(22)19-13-15-6-9-17(21-20-15)25-12-11-23-2/h1,4-9H,10-13H2,2H3,(H,19,22). The maximum Gasteiger partial charge on any atom is 0.251 e. The molecule has 7 nitrogen and oxygen atoms in total. The second-order valence-corrected chi connectivity index (χ2v) is 4.90. The van der Waals surface area contributed by atoms with Gasteiger partial charge in [0.1, 0.15) is 19.0 Å². The lowest BCUT2D eigenvalue weighted by Gasteiger charge is -2.07. The molecule has 2 aromatic rings. The van der Waals surface area contributed by atoms with E-state index < -0.39 is 0 Å². The van der Waals surface area contributed by atoms with Crippen molar-refractivity contribution in [1.29, 1.82) is 0 Å². The van der Waals surface area contributed by atoms with Gasteiger partial charge in [-0.2, -0.15) is 5.10 Å². The summed E-state index contributed by atoms with van der Waals surface area (Å²) in [6.07, 6.45) is 5.13. The fourth-order valence-corrected chi connectivity index (χ4v) is 1.85. The van der Waals surface area contributed by atoms with E-state index in [-0.39, 0.29) is 19.1 Å². The van der Waals surface area contributed by atoms with Crippen molar-refractivity contribution < 1.29 is 19.0 Å². The first-order chi connectivity index (χ1) is 12.2. The van der Waals surface area contributed by atoms with E-state index in [1.165, 1.54) is 0 Å². The van der Waals surface area contributed by atoms with E-state index in [9.17, 15) is 4.79 Å². The molecule has 0 aliphatic heterocycles. The van der Waals surface area contributed by atoms with Gasteiger partial charge in [0.2, 0.25) is 5.88 Å². The summed E-state index contributed by atoms with van der Waals surface area (Å²) in [6, 6.07) is 10.2. The summed E-state index contributed by atoms with van der Waals surface area (Å²) in [4.78, 5) is 12.1. The highest BCUT2D eigenvalue weighted by atomic mass is 16.5. The van der Waals surface area contributed by atoms with Gasteiger partial charge in [0.05, 0.1) is 18.8 Å². The number of carbonyl (C=O) groups excluding carboxylic acids is 1. The van der Waals surface area contributed by atoms with Gasteiger partial charge in [0.25, 0.3) is 5.91 Å². The third-order valence-electron chi connectivity index (χ3n) is 3.10. The van der Waals surface area contributed by atoms with Gasteiger partial charge in [0, 0.05) is 18.7 Å². The van der Waals surface area contributed by atoms with Crippen molar-refractivity contribution in [2.45, 2.75) is 6.54 Å². The normalized spacial score (nSPS) is 9.92. The van der Waals surface area contributed by atoms with Gasteiger partial charge in [-0.05, 0) is 30.3 Å². The van der Waals surface area contributed by atoms with Crippen molar-refractivity contribution >= 4 is 5.91 Å². The van der Waals surface area contributed by atoms with E-state index in [1.807, 2.05) is 0 Å². The molecular weight excluding hydrogens is 322 g/mol. The van der Waals surface area contributed by atoms with Gasteiger partial charge in [-0.1, -0.05) is 5.92 Å². The minimum atomic E-state index is -0.217. The number of ether oxygens (including phenoxy) is 3. The van der Waals surface area contributed by atoms with Crippen LogP contribution in [0.4, 0.5) is 0 Å². The van der Waals surface area contributed by atoms with E-state index in [0.717, 1.165) is 0 Å². The number of nitrogens with one attached hydrogen (secondary N) is 1. The Labute approximate surface area is 146 Å². The molecule has 0 atom stereocenters. The molecule has 0 saturated carbocycles. The number of hydrogen-bond donors (Lipinski definition) is 1. The Balaban J connectivity index is 1.82. The van der Waals surface area contributed by atoms with Crippen LogP contribution in [0.2, 0.25) is 0 Å². The first-order valence-electron chi connectivity index (χ1n) is 7.62. The Morgan fingerprint density at radius 1 is 1.12 bits per heavy atom. The number of methoxy groups -OCH3 is 1. The van der Waals surface area contributed by atoms with E-state index in [4.69, 9.17) is 20.6 Å². The van der Waals surface area contributed by atoms with Crippen LogP contribution >= 0.6 is 0 Å². The van der Waals surface area contributed by atoms with Gasteiger partial charge in [-0.15, -0.1) is 11.5 Å². The van der Waals surface area contributed by atoms with Gasteiger partial charge in [-0.3, -0.25) is 4.79 Å². The number of amides is 1. The molecule has 1 aromatic heterocycles. The number of aromatic nitrogens is 2. The lowest BCUT2D eigenvalue weighted by atomic mass is 10.2. The van der Waals surface area contributed by atoms with Crippen molar-refractivity contribution in [2.24, 2.45) is 0 Å². The third kappa shape index (κ3) is 6.12. The second-order valence-electron chi connectivity index (χ2n) is 4.90. The fourth-order valence-electron chi connectivity index (χ4n) is 1.85. The van der Waals surface area contributed by atoms with Crippen molar-refractivity contribution in [3.05, 3.63) is 47.7 Å². The van der Waals surface area contributed by atoms with E-state index in [0.29, 0.717) is 36.1 Å². The molecule has 2 rings (SSSR count). The van der Waals surface area contributed by atoms with Crippen molar-refractivity contribution in [2.75, 3.05) is 26.9 Å². The Morgan fingerprint density at radius 3 is 2.56 bits per heavy atom. The zero-order valence-electron chi connectivity index (χ0n) is 13.9. The maximum absolute atomic E-state index is 12.1. The minimum Gasteiger partial charge on any atom is -0.481 e. The summed E-state index contributed by atoms with van der Waals surface area (Å²) >= 11 is 0. The topological polar surface area (TPSA) is 82.6 Å². The zero-order chi connectivity index (χ0) is 17.9. The largest absolute Gasteiger partial charge is 0.481 e. The molecule has 0 aliphatic rings. The molecule has 1 N–H and O–H groups in total. The molecule has 0 saturated heterocycles. The lowest BCUT2D eigenvalue weighted by Crippen LogP contribution is -2.23. The highest BCUT2D eigenvalue weighted by Gasteiger charge is 2.06. The lowest BCUT2D eigenvalue weighted by molar-refractivity contribution is 0.0950. The number of rotatable bonds is 9. The maximum atomic E-state index is 12.1. The van der Waals surface area contributed by atoms with Crippen LogP contribution in [-0.4, -0.2) is 43.0 Å². The minimum absolute atomic E-state index is 0.190. The SMILES string of the molecule is C#CCOc1ccc(C(=O)NCc2ccc(OCCOC)nn2)cc1. The summed E-state index contributed by atoms with van der Waals surface area (Å²) in [6.45, 7) is 1.34. The van der Waals surface area contributed by atoms with Crippen molar-refractivity contribution in [1.82, 2.24) is 15.5 Å². The quantitative estimate of drug-likeness (QED) is 0.549. The molecule has 0 unspecified atom stereocenters. The highest BCUT2D eigenvalue weighted by Crippen LogP contribution is 2.12. The Hall–Kier alpha value is -3.11. The molecule has 0 fully saturated rings. The first-order valence-corrected chi connectivity index (χ1v) is 7.62. The molecule has 7 heteroatoms. The van der Waals surface area contributed by atoms with Crippen molar-refractivity contribution in [3.8, 4) is 24.0 Å². The molecule has 1 heterocycles. The molecular formula is C18H19N3O4. The first kappa shape index (κ1) is 18.2. The fraction of sp³-hybridized carbons (Fsp3) is 0.278.